The predicted molar refractivity (Wildman–Crippen MR) is 84.5 cm³/mol. The van der Waals surface area contributed by atoms with Gasteiger partial charge in [0.1, 0.15) is 0 Å². The maximum atomic E-state index is 12.5. The number of hydrogen-bond acceptors (Lipinski definition) is 3. The fourth-order valence-corrected chi connectivity index (χ4v) is 3.89. The van der Waals surface area contributed by atoms with Crippen molar-refractivity contribution in [2.24, 2.45) is 0 Å². The molecule has 0 saturated heterocycles. The number of amides is 1. The molecular formula is C16H18N2OS. The van der Waals surface area contributed by atoms with Crippen LogP contribution in [0, 0.1) is 6.92 Å². The van der Waals surface area contributed by atoms with Gasteiger partial charge in [-0.15, -0.1) is 11.3 Å². The van der Waals surface area contributed by atoms with Crippen molar-refractivity contribution in [3.8, 4) is 0 Å². The topological polar surface area (TPSA) is 55.1 Å². The number of nitrogen functional groups attached to an aromatic ring is 1. The predicted octanol–water partition coefficient (Wildman–Crippen LogP) is 3.77. The zero-order chi connectivity index (χ0) is 14.1. The molecule has 0 spiro atoms. The van der Waals surface area contributed by atoms with Crippen LogP contribution >= 0.6 is 11.3 Å². The number of fused-ring (bicyclic) bond motifs is 1. The normalized spacial score (nSPS) is 13.8. The molecule has 1 aromatic heterocycles. The van der Waals surface area contributed by atoms with E-state index in [0.29, 0.717) is 10.6 Å². The average molecular weight is 286 g/mol. The molecule has 3 rings (SSSR count). The van der Waals surface area contributed by atoms with Crippen LogP contribution in [0.25, 0.3) is 0 Å². The van der Waals surface area contributed by atoms with Crippen molar-refractivity contribution in [2.45, 2.75) is 32.6 Å². The molecular weight excluding hydrogens is 268 g/mol. The third-order valence-corrected chi connectivity index (χ3v) is 4.94. The van der Waals surface area contributed by atoms with E-state index in [4.69, 9.17) is 5.73 Å². The zero-order valence-corrected chi connectivity index (χ0v) is 12.3. The van der Waals surface area contributed by atoms with E-state index in [0.717, 1.165) is 30.5 Å². The van der Waals surface area contributed by atoms with Crippen LogP contribution in [0.15, 0.2) is 24.3 Å². The first-order chi connectivity index (χ1) is 9.66. The monoisotopic (exact) mass is 286 g/mol. The van der Waals surface area contributed by atoms with E-state index in [9.17, 15) is 4.79 Å². The van der Waals surface area contributed by atoms with Gasteiger partial charge >= 0.3 is 0 Å². The molecule has 1 aliphatic rings. The Bertz CT molecular complexity index is 660. The van der Waals surface area contributed by atoms with E-state index in [1.807, 2.05) is 31.2 Å². The average Bonchev–Trinajstić information content (AvgIpc) is 2.77. The number of aryl methyl sites for hydroxylation is 2. The van der Waals surface area contributed by atoms with Gasteiger partial charge in [0.25, 0.3) is 5.91 Å². The SMILES string of the molecule is Cc1ccccc1NC(=O)c1c(N)sc2c1CCCC2. The zero-order valence-electron chi connectivity index (χ0n) is 11.5. The number of benzene rings is 1. The third-order valence-electron chi connectivity index (χ3n) is 3.82. The molecule has 0 atom stereocenters. The molecule has 0 radical (unpaired) electrons. The molecule has 0 unspecified atom stereocenters. The summed E-state index contributed by atoms with van der Waals surface area (Å²) >= 11 is 1.58. The van der Waals surface area contributed by atoms with Crippen LogP contribution in [-0.4, -0.2) is 5.91 Å². The summed E-state index contributed by atoms with van der Waals surface area (Å²) in [6, 6.07) is 7.80. The fraction of sp³-hybridized carbons (Fsp3) is 0.312. The number of nitrogens with two attached hydrogens (primary N) is 1. The Morgan fingerprint density at radius 1 is 1.25 bits per heavy atom. The molecule has 1 heterocycles. The Morgan fingerprint density at radius 2 is 2.00 bits per heavy atom. The lowest BCUT2D eigenvalue weighted by Crippen LogP contribution is -2.16. The molecule has 1 amide bonds. The van der Waals surface area contributed by atoms with Crippen molar-refractivity contribution in [1.29, 1.82) is 0 Å². The van der Waals surface area contributed by atoms with Crippen LogP contribution in [0.2, 0.25) is 0 Å². The first kappa shape index (κ1) is 13.2. The highest BCUT2D eigenvalue weighted by Crippen LogP contribution is 2.36. The molecule has 0 bridgehead atoms. The van der Waals surface area contributed by atoms with Gasteiger partial charge in [0.2, 0.25) is 0 Å². The summed E-state index contributed by atoms with van der Waals surface area (Å²) in [7, 11) is 0. The van der Waals surface area contributed by atoms with Crippen molar-refractivity contribution in [3.05, 3.63) is 45.8 Å². The largest absolute Gasteiger partial charge is 0.390 e. The Hall–Kier alpha value is -1.81. The van der Waals surface area contributed by atoms with E-state index in [1.165, 1.54) is 16.9 Å². The molecule has 1 aromatic carbocycles. The van der Waals surface area contributed by atoms with Gasteiger partial charge in [-0.25, -0.2) is 0 Å². The summed E-state index contributed by atoms with van der Waals surface area (Å²) in [6.07, 6.45) is 4.38. The van der Waals surface area contributed by atoms with Crippen molar-refractivity contribution in [3.63, 3.8) is 0 Å². The number of para-hydroxylation sites is 1. The highest BCUT2D eigenvalue weighted by atomic mass is 32.1. The van der Waals surface area contributed by atoms with Crippen molar-refractivity contribution in [1.82, 2.24) is 0 Å². The second-order valence-corrected chi connectivity index (χ2v) is 6.36. The minimum absolute atomic E-state index is 0.0730. The standard InChI is InChI=1S/C16H18N2OS/c1-10-6-2-4-8-12(10)18-16(19)14-11-7-3-5-9-13(11)20-15(14)17/h2,4,6,8H,3,5,7,9,17H2,1H3,(H,18,19). The van der Waals surface area contributed by atoms with Crippen LogP contribution in [0.1, 0.15) is 39.2 Å². The minimum Gasteiger partial charge on any atom is -0.390 e. The second kappa shape index (κ2) is 5.29. The van der Waals surface area contributed by atoms with Gasteiger partial charge in [0.05, 0.1) is 10.6 Å². The van der Waals surface area contributed by atoms with Gasteiger partial charge in [-0.1, -0.05) is 18.2 Å². The maximum absolute atomic E-state index is 12.5. The summed E-state index contributed by atoms with van der Waals surface area (Å²) in [4.78, 5) is 13.8. The smallest absolute Gasteiger partial charge is 0.258 e. The molecule has 0 aliphatic heterocycles. The van der Waals surface area contributed by atoms with E-state index < -0.39 is 0 Å². The fourth-order valence-electron chi connectivity index (χ4n) is 2.73. The lowest BCUT2D eigenvalue weighted by molar-refractivity contribution is 0.102. The van der Waals surface area contributed by atoms with Gasteiger partial charge in [-0.3, -0.25) is 4.79 Å². The molecule has 3 nitrogen and oxygen atoms in total. The molecule has 1 aliphatic carbocycles. The second-order valence-electron chi connectivity index (χ2n) is 5.22. The van der Waals surface area contributed by atoms with Gasteiger partial charge in [-0.2, -0.15) is 0 Å². The number of carbonyl (C=O) groups excluding carboxylic acids is 1. The van der Waals surface area contributed by atoms with Crippen LogP contribution in [0.4, 0.5) is 10.7 Å². The number of nitrogens with one attached hydrogen (secondary N) is 1. The number of hydrogen-bond donors (Lipinski definition) is 2. The van der Waals surface area contributed by atoms with Gasteiger partial charge in [0.15, 0.2) is 0 Å². The molecule has 2 aromatic rings. The van der Waals surface area contributed by atoms with E-state index >= 15 is 0 Å². The van der Waals surface area contributed by atoms with Gasteiger partial charge in [0, 0.05) is 10.6 Å². The molecule has 4 heteroatoms. The van der Waals surface area contributed by atoms with E-state index in [-0.39, 0.29) is 5.91 Å². The van der Waals surface area contributed by atoms with Crippen molar-refractivity contribution < 1.29 is 4.79 Å². The van der Waals surface area contributed by atoms with Crippen LogP contribution in [0.3, 0.4) is 0 Å². The number of anilines is 2. The maximum Gasteiger partial charge on any atom is 0.258 e. The quantitative estimate of drug-likeness (QED) is 0.883. The number of carbonyl (C=O) groups is 1. The molecule has 104 valence electrons. The van der Waals surface area contributed by atoms with Gasteiger partial charge < -0.3 is 11.1 Å². The van der Waals surface area contributed by atoms with Crippen molar-refractivity contribution >= 4 is 27.9 Å². The summed E-state index contributed by atoms with van der Waals surface area (Å²) < 4.78 is 0. The number of thiophene rings is 1. The summed E-state index contributed by atoms with van der Waals surface area (Å²) in [5.74, 6) is -0.0730. The minimum atomic E-state index is -0.0730. The summed E-state index contributed by atoms with van der Waals surface area (Å²) in [6.45, 7) is 1.99. The van der Waals surface area contributed by atoms with Gasteiger partial charge in [-0.05, 0) is 49.8 Å². The highest BCUT2D eigenvalue weighted by Gasteiger charge is 2.24. The number of rotatable bonds is 2. The molecule has 3 N–H and O–H groups in total. The van der Waals surface area contributed by atoms with Crippen LogP contribution in [0.5, 0.6) is 0 Å². The third kappa shape index (κ3) is 2.31. The van der Waals surface area contributed by atoms with E-state index in [1.54, 1.807) is 11.3 Å². The summed E-state index contributed by atoms with van der Waals surface area (Å²) in [5.41, 5.74) is 9.86. The van der Waals surface area contributed by atoms with E-state index in [2.05, 4.69) is 5.32 Å². The Labute approximate surface area is 122 Å². The first-order valence-corrected chi connectivity index (χ1v) is 7.75. The van der Waals surface area contributed by atoms with Crippen LogP contribution in [-0.2, 0) is 12.8 Å². The highest BCUT2D eigenvalue weighted by molar-refractivity contribution is 7.16. The molecule has 0 saturated carbocycles. The Balaban J connectivity index is 1.92. The van der Waals surface area contributed by atoms with Crippen LogP contribution < -0.4 is 11.1 Å². The lowest BCUT2D eigenvalue weighted by atomic mass is 9.95. The molecule has 0 fully saturated rings. The Morgan fingerprint density at radius 3 is 2.80 bits per heavy atom. The Kier molecular flexibility index (Phi) is 3.49. The summed E-state index contributed by atoms with van der Waals surface area (Å²) in [5, 5.41) is 3.65. The lowest BCUT2D eigenvalue weighted by Gasteiger charge is -2.13. The first-order valence-electron chi connectivity index (χ1n) is 6.94. The van der Waals surface area contributed by atoms with Crippen molar-refractivity contribution in [2.75, 3.05) is 11.1 Å². The molecule has 20 heavy (non-hydrogen) atoms.